The molecule has 1 fully saturated rings. The lowest BCUT2D eigenvalue weighted by Crippen LogP contribution is -2.54. The van der Waals surface area contributed by atoms with Gasteiger partial charge in [-0.15, -0.1) is 0 Å². The summed E-state index contributed by atoms with van der Waals surface area (Å²) in [6.07, 6.45) is 1.42. The van der Waals surface area contributed by atoms with Crippen molar-refractivity contribution in [3.8, 4) is 11.5 Å². The van der Waals surface area contributed by atoms with Crippen molar-refractivity contribution in [1.29, 1.82) is 0 Å². The van der Waals surface area contributed by atoms with Gasteiger partial charge in [0, 0.05) is 5.02 Å². The molecule has 3 aromatic carbocycles. The Bertz CT molecular complexity index is 1160. The van der Waals surface area contributed by atoms with Gasteiger partial charge in [0.15, 0.2) is 0 Å². The molecule has 4 amide bonds. The Morgan fingerprint density at radius 1 is 0.833 bits per heavy atom. The van der Waals surface area contributed by atoms with Crippen LogP contribution in [0.25, 0.3) is 6.08 Å². The van der Waals surface area contributed by atoms with Gasteiger partial charge in [-0.05, 0) is 60.2 Å². The lowest BCUT2D eigenvalue weighted by Gasteiger charge is -2.26. The first-order chi connectivity index (χ1) is 14.5. The topological polar surface area (TPSA) is 75.7 Å². The summed E-state index contributed by atoms with van der Waals surface area (Å²) in [4.78, 5) is 38.4. The number of nitrogens with one attached hydrogen (secondary N) is 1. The van der Waals surface area contributed by atoms with Crippen LogP contribution >= 0.6 is 11.6 Å². The average Bonchev–Trinajstić information content (AvgIpc) is 2.73. The third-order valence-corrected chi connectivity index (χ3v) is 4.59. The average molecular weight is 419 g/mol. The van der Waals surface area contributed by atoms with E-state index in [0.717, 1.165) is 4.90 Å². The molecular weight excluding hydrogens is 404 g/mol. The fraction of sp³-hybridized carbons (Fsp3) is 0. The third-order valence-electron chi connectivity index (χ3n) is 4.33. The van der Waals surface area contributed by atoms with E-state index in [-0.39, 0.29) is 5.57 Å². The number of hydrogen-bond donors (Lipinski definition) is 1. The van der Waals surface area contributed by atoms with Crippen molar-refractivity contribution in [2.45, 2.75) is 0 Å². The maximum absolute atomic E-state index is 12.9. The fourth-order valence-electron chi connectivity index (χ4n) is 2.94. The van der Waals surface area contributed by atoms with E-state index in [1.54, 1.807) is 36.4 Å². The monoisotopic (exact) mass is 418 g/mol. The van der Waals surface area contributed by atoms with Gasteiger partial charge in [-0.3, -0.25) is 14.9 Å². The van der Waals surface area contributed by atoms with Crippen LogP contribution in [-0.4, -0.2) is 17.8 Å². The number of halogens is 1. The standard InChI is InChI=1S/C23H15ClN2O4/c24-16-9-11-17(12-10-16)26-22(28)20(21(27)25-23(26)29)14-15-5-4-8-19(13-15)30-18-6-2-1-3-7-18/h1-14H,(H,25,27,29)/b20-14+. The number of hydrogen-bond acceptors (Lipinski definition) is 4. The van der Waals surface area contributed by atoms with Crippen LogP contribution in [0, 0.1) is 0 Å². The van der Waals surface area contributed by atoms with E-state index in [9.17, 15) is 14.4 Å². The predicted octanol–water partition coefficient (Wildman–Crippen LogP) is 4.80. The van der Waals surface area contributed by atoms with Gasteiger partial charge in [-0.1, -0.05) is 41.9 Å². The number of para-hydroxylation sites is 1. The second kappa shape index (κ2) is 8.23. The molecule has 1 N–H and O–H groups in total. The second-order valence-electron chi connectivity index (χ2n) is 6.42. The van der Waals surface area contributed by atoms with Crippen molar-refractivity contribution in [3.63, 3.8) is 0 Å². The lowest BCUT2D eigenvalue weighted by molar-refractivity contribution is -0.122. The van der Waals surface area contributed by atoms with Crippen molar-refractivity contribution in [1.82, 2.24) is 5.32 Å². The van der Waals surface area contributed by atoms with Crippen molar-refractivity contribution in [2.24, 2.45) is 0 Å². The van der Waals surface area contributed by atoms with Crippen LogP contribution in [0.4, 0.5) is 10.5 Å². The second-order valence-corrected chi connectivity index (χ2v) is 6.86. The molecule has 1 aliphatic rings. The zero-order chi connectivity index (χ0) is 21.1. The summed E-state index contributed by atoms with van der Waals surface area (Å²) in [5, 5.41) is 2.66. The molecule has 30 heavy (non-hydrogen) atoms. The first-order valence-corrected chi connectivity index (χ1v) is 9.39. The van der Waals surface area contributed by atoms with E-state index in [4.69, 9.17) is 16.3 Å². The smallest absolute Gasteiger partial charge is 0.335 e. The molecule has 4 rings (SSSR count). The van der Waals surface area contributed by atoms with Crippen LogP contribution in [-0.2, 0) is 9.59 Å². The van der Waals surface area contributed by atoms with E-state index in [1.165, 1.54) is 18.2 Å². The third kappa shape index (κ3) is 4.09. The molecule has 1 aliphatic heterocycles. The van der Waals surface area contributed by atoms with Gasteiger partial charge < -0.3 is 4.74 Å². The molecule has 0 aliphatic carbocycles. The molecule has 0 aromatic heterocycles. The minimum Gasteiger partial charge on any atom is -0.457 e. The Morgan fingerprint density at radius 3 is 2.27 bits per heavy atom. The number of imide groups is 2. The van der Waals surface area contributed by atoms with E-state index < -0.39 is 17.8 Å². The minimum atomic E-state index is -0.814. The van der Waals surface area contributed by atoms with E-state index in [2.05, 4.69) is 5.32 Å². The van der Waals surface area contributed by atoms with E-state index >= 15 is 0 Å². The first kappa shape index (κ1) is 19.4. The molecule has 0 unspecified atom stereocenters. The highest BCUT2D eigenvalue weighted by atomic mass is 35.5. The van der Waals surface area contributed by atoms with Crippen LogP contribution < -0.4 is 15.0 Å². The number of anilines is 1. The summed E-state index contributed by atoms with van der Waals surface area (Å²) in [7, 11) is 0. The highest BCUT2D eigenvalue weighted by Crippen LogP contribution is 2.26. The summed E-state index contributed by atoms with van der Waals surface area (Å²) in [5.41, 5.74) is 0.718. The van der Waals surface area contributed by atoms with Gasteiger partial charge in [0.1, 0.15) is 17.1 Å². The molecule has 6 nitrogen and oxygen atoms in total. The largest absolute Gasteiger partial charge is 0.457 e. The number of benzene rings is 3. The first-order valence-electron chi connectivity index (χ1n) is 9.01. The molecule has 1 saturated heterocycles. The molecule has 3 aromatic rings. The lowest BCUT2D eigenvalue weighted by atomic mass is 10.1. The highest BCUT2D eigenvalue weighted by molar-refractivity contribution is 6.39. The van der Waals surface area contributed by atoms with Gasteiger partial charge in [-0.2, -0.15) is 0 Å². The van der Waals surface area contributed by atoms with Gasteiger partial charge >= 0.3 is 6.03 Å². The van der Waals surface area contributed by atoms with Crippen LogP contribution in [0.5, 0.6) is 11.5 Å². The molecule has 148 valence electrons. The Balaban J connectivity index is 1.64. The summed E-state index contributed by atoms with van der Waals surface area (Å²) in [5.74, 6) is -0.275. The number of urea groups is 1. The molecule has 7 heteroatoms. The van der Waals surface area contributed by atoms with Crippen molar-refractivity contribution in [2.75, 3.05) is 4.90 Å². The normalized spacial score (nSPS) is 15.3. The van der Waals surface area contributed by atoms with E-state index in [1.807, 2.05) is 30.3 Å². The van der Waals surface area contributed by atoms with Crippen molar-refractivity contribution < 1.29 is 19.1 Å². The highest BCUT2D eigenvalue weighted by Gasteiger charge is 2.36. The molecule has 0 radical (unpaired) electrons. The maximum Gasteiger partial charge on any atom is 0.335 e. The predicted molar refractivity (Wildman–Crippen MR) is 113 cm³/mol. The van der Waals surface area contributed by atoms with Crippen LogP contribution in [0.15, 0.2) is 84.4 Å². The van der Waals surface area contributed by atoms with E-state index in [0.29, 0.717) is 27.8 Å². The van der Waals surface area contributed by atoms with Crippen molar-refractivity contribution >= 4 is 41.2 Å². The Kier molecular flexibility index (Phi) is 5.32. The number of carbonyl (C=O) groups is 3. The van der Waals surface area contributed by atoms with Gasteiger partial charge in [0.25, 0.3) is 11.8 Å². The maximum atomic E-state index is 12.9. The summed E-state index contributed by atoms with van der Waals surface area (Å²) < 4.78 is 5.79. The zero-order valence-corrected chi connectivity index (χ0v) is 16.3. The number of ether oxygens (including phenoxy) is 1. The molecule has 0 bridgehead atoms. The molecule has 0 atom stereocenters. The van der Waals surface area contributed by atoms with Crippen LogP contribution in [0.3, 0.4) is 0 Å². The number of barbiturate groups is 1. The number of nitrogens with zero attached hydrogens (tertiary/aromatic N) is 1. The zero-order valence-electron chi connectivity index (χ0n) is 15.5. The van der Waals surface area contributed by atoms with Crippen LogP contribution in [0.1, 0.15) is 5.56 Å². The Hall–Kier alpha value is -3.90. The van der Waals surface area contributed by atoms with Gasteiger partial charge in [0.2, 0.25) is 0 Å². The quantitative estimate of drug-likeness (QED) is 0.488. The number of amides is 4. The Labute approximate surface area is 177 Å². The summed E-state index contributed by atoms with van der Waals surface area (Å²) >= 11 is 5.87. The summed E-state index contributed by atoms with van der Waals surface area (Å²) in [6.45, 7) is 0. The summed E-state index contributed by atoms with van der Waals surface area (Å²) in [6, 6.07) is 21.5. The molecule has 0 saturated carbocycles. The minimum absolute atomic E-state index is 0.165. The van der Waals surface area contributed by atoms with Gasteiger partial charge in [0.05, 0.1) is 5.69 Å². The Morgan fingerprint density at radius 2 is 1.53 bits per heavy atom. The number of rotatable bonds is 4. The number of carbonyl (C=O) groups excluding carboxylic acids is 3. The van der Waals surface area contributed by atoms with Crippen molar-refractivity contribution in [3.05, 3.63) is 95.0 Å². The SMILES string of the molecule is O=C1NC(=O)N(c2ccc(Cl)cc2)C(=O)/C1=C/c1cccc(Oc2ccccc2)c1. The molecular formula is C23H15ClN2O4. The van der Waals surface area contributed by atoms with Gasteiger partial charge in [-0.25, -0.2) is 9.69 Å². The van der Waals surface area contributed by atoms with Crippen LogP contribution in [0.2, 0.25) is 5.02 Å². The fourth-order valence-corrected chi connectivity index (χ4v) is 3.07. The molecule has 1 heterocycles. The molecule has 0 spiro atoms.